The summed E-state index contributed by atoms with van der Waals surface area (Å²) in [7, 11) is 1.62. The number of ether oxygens (including phenoxy) is 1. The zero-order chi connectivity index (χ0) is 14.7. The van der Waals surface area contributed by atoms with Gasteiger partial charge in [0.1, 0.15) is 5.75 Å². The average molecular weight is 289 g/mol. The normalized spacial score (nSPS) is 25.4. The maximum Gasteiger partial charge on any atom is 0.238 e. The molecule has 3 rings (SSSR count). The molecule has 5 heteroatoms. The zero-order valence-electron chi connectivity index (χ0n) is 12.5. The summed E-state index contributed by atoms with van der Waals surface area (Å²) in [6.45, 7) is 3.57. The molecule has 0 spiro atoms. The van der Waals surface area contributed by atoms with Crippen LogP contribution in [0.25, 0.3) is 0 Å². The smallest absolute Gasteiger partial charge is 0.238 e. The first-order valence-electron chi connectivity index (χ1n) is 7.65. The lowest BCUT2D eigenvalue weighted by molar-refractivity contribution is -0.118. The molecule has 2 saturated heterocycles. The highest BCUT2D eigenvalue weighted by molar-refractivity contribution is 5.93. The molecule has 2 heterocycles. The van der Waals surface area contributed by atoms with Gasteiger partial charge in [-0.1, -0.05) is 12.1 Å². The van der Waals surface area contributed by atoms with E-state index >= 15 is 0 Å². The number of methoxy groups -OCH3 is 1. The van der Waals surface area contributed by atoms with Crippen LogP contribution in [0, 0.1) is 5.92 Å². The molecule has 0 aromatic heterocycles. The van der Waals surface area contributed by atoms with Gasteiger partial charge in [0.05, 0.1) is 19.3 Å². The summed E-state index contributed by atoms with van der Waals surface area (Å²) in [5.41, 5.74) is 0.739. The van der Waals surface area contributed by atoms with E-state index in [1.807, 2.05) is 24.3 Å². The van der Waals surface area contributed by atoms with Gasteiger partial charge in [-0.2, -0.15) is 0 Å². The van der Waals surface area contributed by atoms with Crippen molar-refractivity contribution in [1.82, 2.24) is 10.2 Å². The number of nitrogens with one attached hydrogen (secondary N) is 2. The Morgan fingerprint density at radius 1 is 1.43 bits per heavy atom. The third kappa shape index (κ3) is 3.19. The van der Waals surface area contributed by atoms with E-state index in [2.05, 4.69) is 15.5 Å². The fourth-order valence-corrected chi connectivity index (χ4v) is 3.48. The Hall–Kier alpha value is -1.59. The predicted octanol–water partition coefficient (Wildman–Crippen LogP) is 1.32. The molecule has 0 bridgehead atoms. The molecule has 1 amide bonds. The Balaban J connectivity index is 1.61. The van der Waals surface area contributed by atoms with Gasteiger partial charge in [-0.25, -0.2) is 0 Å². The molecular weight excluding hydrogens is 266 g/mol. The van der Waals surface area contributed by atoms with Crippen LogP contribution in [0.1, 0.15) is 12.8 Å². The van der Waals surface area contributed by atoms with Crippen molar-refractivity contribution in [2.45, 2.75) is 18.9 Å². The first-order valence-corrected chi connectivity index (χ1v) is 7.65. The van der Waals surface area contributed by atoms with Gasteiger partial charge in [-0.3, -0.25) is 9.69 Å². The highest BCUT2D eigenvalue weighted by Gasteiger charge is 2.35. The molecule has 2 unspecified atom stereocenters. The van der Waals surface area contributed by atoms with Gasteiger partial charge in [0.15, 0.2) is 0 Å². The Morgan fingerprint density at radius 3 is 3.14 bits per heavy atom. The van der Waals surface area contributed by atoms with Gasteiger partial charge in [0.25, 0.3) is 0 Å². The largest absolute Gasteiger partial charge is 0.495 e. The maximum absolute atomic E-state index is 12.3. The predicted molar refractivity (Wildman–Crippen MR) is 82.6 cm³/mol. The Kier molecular flexibility index (Phi) is 4.41. The summed E-state index contributed by atoms with van der Waals surface area (Å²) >= 11 is 0. The van der Waals surface area contributed by atoms with Gasteiger partial charge < -0.3 is 15.4 Å². The zero-order valence-corrected chi connectivity index (χ0v) is 12.5. The fraction of sp³-hybridized carbons (Fsp3) is 0.562. The maximum atomic E-state index is 12.3. The number of benzene rings is 1. The number of anilines is 1. The van der Waals surface area contributed by atoms with Crippen molar-refractivity contribution in [3.05, 3.63) is 24.3 Å². The lowest BCUT2D eigenvalue weighted by Crippen LogP contribution is -2.48. The number of fused-ring (bicyclic) bond motifs is 1. The molecule has 5 nitrogen and oxygen atoms in total. The summed E-state index contributed by atoms with van der Waals surface area (Å²) in [5, 5.41) is 6.40. The minimum Gasteiger partial charge on any atom is -0.495 e. The van der Waals surface area contributed by atoms with Crippen LogP contribution in [0.5, 0.6) is 5.75 Å². The number of hydrogen-bond donors (Lipinski definition) is 2. The lowest BCUT2D eigenvalue weighted by atomic mass is 9.92. The van der Waals surface area contributed by atoms with E-state index in [1.165, 1.54) is 12.8 Å². The number of para-hydroxylation sites is 2. The van der Waals surface area contributed by atoms with Crippen molar-refractivity contribution in [3.8, 4) is 5.75 Å². The molecule has 0 aliphatic carbocycles. The fourth-order valence-electron chi connectivity index (χ4n) is 3.48. The van der Waals surface area contributed by atoms with E-state index in [0.29, 0.717) is 24.3 Å². The van der Waals surface area contributed by atoms with Gasteiger partial charge in [-0.05, 0) is 44.0 Å². The molecule has 1 aromatic carbocycles. The third-order valence-electron chi connectivity index (χ3n) is 4.52. The topological polar surface area (TPSA) is 53.6 Å². The van der Waals surface area contributed by atoms with Crippen LogP contribution >= 0.6 is 0 Å². The first kappa shape index (κ1) is 14.4. The van der Waals surface area contributed by atoms with Gasteiger partial charge in [0.2, 0.25) is 5.91 Å². The summed E-state index contributed by atoms with van der Waals surface area (Å²) in [6.07, 6.45) is 2.47. The second kappa shape index (κ2) is 6.45. The first-order chi connectivity index (χ1) is 10.3. The number of amides is 1. The standard InChI is InChI=1S/C16H23N3O2/c1-21-15-7-3-2-6-13(15)18-16(20)11-19-8-4-5-12-9-17-10-14(12)19/h2-3,6-7,12,14,17H,4-5,8-11H2,1H3,(H,18,20). The minimum atomic E-state index is 0.0343. The van der Waals surface area contributed by atoms with E-state index in [-0.39, 0.29) is 5.91 Å². The van der Waals surface area contributed by atoms with Crippen molar-refractivity contribution in [2.75, 3.05) is 38.6 Å². The molecule has 2 aliphatic heterocycles. The number of rotatable bonds is 4. The van der Waals surface area contributed by atoms with Gasteiger partial charge in [-0.15, -0.1) is 0 Å². The van der Waals surface area contributed by atoms with E-state index in [1.54, 1.807) is 7.11 Å². The number of piperidine rings is 1. The molecule has 114 valence electrons. The van der Waals surface area contributed by atoms with Crippen molar-refractivity contribution >= 4 is 11.6 Å². The molecule has 2 N–H and O–H groups in total. The minimum absolute atomic E-state index is 0.0343. The molecular formula is C16H23N3O2. The van der Waals surface area contributed by atoms with E-state index in [9.17, 15) is 4.79 Å². The van der Waals surface area contributed by atoms with Crippen molar-refractivity contribution in [1.29, 1.82) is 0 Å². The Bertz CT molecular complexity index is 506. The van der Waals surface area contributed by atoms with Crippen LogP contribution in [0.2, 0.25) is 0 Å². The highest BCUT2D eigenvalue weighted by atomic mass is 16.5. The van der Waals surface area contributed by atoms with Crippen LogP contribution in [-0.2, 0) is 4.79 Å². The average Bonchev–Trinajstić information content (AvgIpc) is 2.97. The molecule has 2 aliphatic rings. The molecule has 0 saturated carbocycles. The van der Waals surface area contributed by atoms with Crippen LogP contribution in [0.15, 0.2) is 24.3 Å². The second-order valence-corrected chi connectivity index (χ2v) is 5.85. The van der Waals surface area contributed by atoms with Crippen molar-refractivity contribution in [2.24, 2.45) is 5.92 Å². The van der Waals surface area contributed by atoms with Crippen molar-refractivity contribution < 1.29 is 9.53 Å². The van der Waals surface area contributed by atoms with E-state index in [0.717, 1.165) is 25.3 Å². The third-order valence-corrected chi connectivity index (χ3v) is 4.52. The summed E-state index contributed by atoms with van der Waals surface area (Å²) in [6, 6.07) is 8.03. The van der Waals surface area contributed by atoms with Gasteiger partial charge in [0, 0.05) is 12.6 Å². The summed E-state index contributed by atoms with van der Waals surface area (Å²) in [5.74, 6) is 1.44. The van der Waals surface area contributed by atoms with Gasteiger partial charge >= 0.3 is 0 Å². The number of nitrogens with zero attached hydrogens (tertiary/aromatic N) is 1. The Labute approximate surface area is 125 Å². The van der Waals surface area contributed by atoms with Crippen LogP contribution in [0.3, 0.4) is 0 Å². The number of likely N-dealkylation sites (tertiary alicyclic amines) is 1. The number of hydrogen-bond acceptors (Lipinski definition) is 4. The quantitative estimate of drug-likeness (QED) is 0.878. The number of carbonyl (C=O) groups excluding carboxylic acids is 1. The highest BCUT2D eigenvalue weighted by Crippen LogP contribution is 2.27. The summed E-state index contributed by atoms with van der Waals surface area (Å²) in [4.78, 5) is 14.6. The Morgan fingerprint density at radius 2 is 2.29 bits per heavy atom. The van der Waals surface area contributed by atoms with Crippen molar-refractivity contribution in [3.63, 3.8) is 0 Å². The number of carbonyl (C=O) groups is 1. The molecule has 1 aromatic rings. The second-order valence-electron chi connectivity index (χ2n) is 5.85. The monoisotopic (exact) mass is 289 g/mol. The van der Waals surface area contributed by atoms with Crippen LogP contribution in [0.4, 0.5) is 5.69 Å². The molecule has 21 heavy (non-hydrogen) atoms. The molecule has 2 atom stereocenters. The summed E-state index contributed by atoms with van der Waals surface area (Å²) < 4.78 is 5.27. The molecule has 2 fully saturated rings. The van der Waals surface area contributed by atoms with E-state index < -0.39 is 0 Å². The lowest BCUT2D eigenvalue weighted by Gasteiger charge is -2.36. The molecule has 0 radical (unpaired) electrons. The van der Waals surface area contributed by atoms with Crippen LogP contribution in [-0.4, -0.2) is 50.1 Å². The van der Waals surface area contributed by atoms with E-state index in [4.69, 9.17) is 4.74 Å². The SMILES string of the molecule is COc1ccccc1NC(=O)CN1CCCC2CNCC21. The van der Waals surface area contributed by atoms with Crippen LogP contribution < -0.4 is 15.4 Å².